The highest BCUT2D eigenvalue weighted by Gasteiger charge is 2.35. The fourth-order valence-corrected chi connectivity index (χ4v) is 3.77. The van der Waals surface area contributed by atoms with E-state index in [1.54, 1.807) is 24.3 Å². The summed E-state index contributed by atoms with van der Waals surface area (Å²) in [4.78, 5) is 18.5. The second-order valence-corrected chi connectivity index (χ2v) is 7.66. The number of anilines is 2. The molecule has 4 N–H and O–H groups in total. The number of carbonyl (C=O) groups excluding carboxylic acids is 1. The molecule has 0 aliphatic carbocycles. The van der Waals surface area contributed by atoms with Crippen LogP contribution in [0.3, 0.4) is 0 Å². The van der Waals surface area contributed by atoms with Gasteiger partial charge in [0.25, 0.3) is 0 Å². The molecule has 0 aromatic heterocycles. The smallest absolute Gasteiger partial charge is 0.152 e. The van der Waals surface area contributed by atoms with E-state index >= 15 is 0 Å². The Morgan fingerprint density at radius 2 is 2.03 bits per heavy atom. The fraction of sp³-hybridized carbons (Fsp3) is 0.250. The van der Waals surface area contributed by atoms with Crippen LogP contribution in [0.4, 0.5) is 11.4 Å². The SMILES string of the molecule is CCC(=O)CNc1ccc(NC2=CC=CN3C2=NC(c2cccc(O)c2)C3C)cc1O. The molecule has 7 heteroatoms. The second-order valence-electron chi connectivity index (χ2n) is 7.66. The Balaban J connectivity index is 1.53. The Morgan fingerprint density at radius 1 is 1.19 bits per heavy atom. The molecule has 0 saturated carbocycles. The van der Waals surface area contributed by atoms with E-state index in [1.807, 2.05) is 43.5 Å². The van der Waals surface area contributed by atoms with Crippen LogP contribution in [0.15, 0.2) is 71.5 Å². The molecule has 0 saturated heterocycles. The first-order valence-electron chi connectivity index (χ1n) is 10.4. The van der Waals surface area contributed by atoms with Crippen molar-refractivity contribution >= 4 is 23.0 Å². The molecule has 0 radical (unpaired) electrons. The van der Waals surface area contributed by atoms with Crippen molar-refractivity contribution in [3.63, 3.8) is 0 Å². The maximum Gasteiger partial charge on any atom is 0.152 e. The molecule has 0 bridgehead atoms. The number of carbonyl (C=O) groups is 1. The van der Waals surface area contributed by atoms with Crippen molar-refractivity contribution in [3.8, 4) is 11.5 Å². The molecule has 7 nitrogen and oxygen atoms in total. The number of amidine groups is 1. The van der Waals surface area contributed by atoms with Crippen molar-refractivity contribution in [1.82, 2.24) is 4.90 Å². The maximum absolute atomic E-state index is 11.5. The number of aromatic hydroxyl groups is 2. The molecule has 0 fully saturated rings. The van der Waals surface area contributed by atoms with E-state index in [1.165, 1.54) is 0 Å². The molecule has 2 unspecified atom stereocenters. The van der Waals surface area contributed by atoms with E-state index in [0.29, 0.717) is 17.8 Å². The number of aliphatic imine (C=N–C) groups is 1. The molecular formula is C24H26N4O3. The second kappa shape index (κ2) is 8.55. The van der Waals surface area contributed by atoms with E-state index in [0.717, 1.165) is 17.1 Å². The average Bonchev–Trinajstić information content (AvgIpc) is 3.10. The minimum atomic E-state index is -0.105. The number of ketones is 1. The van der Waals surface area contributed by atoms with E-state index in [2.05, 4.69) is 22.5 Å². The van der Waals surface area contributed by atoms with Gasteiger partial charge in [0.15, 0.2) is 11.6 Å². The van der Waals surface area contributed by atoms with Crippen LogP contribution in [0.25, 0.3) is 0 Å². The molecule has 31 heavy (non-hydrogen) atoms. The van der Waals surface area contributed by atoms with Crippen LogP contribution in [-0.2, 0) is 4.79 Å². The lowest BCUT2D eigenvalue weighted by molar-refractivity contribution is -0.117. The van der Waals surface area contributed by atoms with Gasteiger partial charge in [-0.25, -0.2) is 0 Å². The molecule has 4 rings (SSSR count). The Morgan fingerprint density at radius 3 is 2.77 bits per heavy atom. The van der Waals surface area contributed by atoms with Gasteiger partial charge in [-0.15, -0.1) is 0 Å². The number of nitrogens with one attached hydrogen (secondary N) is 2. The van der Waals surface area contributed by atoms with Crippen molar-refractivity contribution in [2.45, 2.75) is 32.4 Å². The predicted octanol–water partition coefficient (Wildman–Crippen LogP) is 4.16. The summed E-state index contributed by atoms with van der Waals surface area (Å²) >= 11 is 0. The summed E-state index contributed by atoms with van der Waals surface area (Å²) in [5.41, 5.74) is 3.00. The number of Topliss-reactive ketones (excluding diaryl/α,β-unsaturated/α-hetero) is 1. The van der Waals surface area contributed by atoms with Crippen molar-refractivity contribution in [2.75, 3.05) is 17.2 Å². The summed E-state index contributed by atoms with van der Waals surface area (Å²) in [7, 11) is 0. The third-order valence-electron chi connectivity index (χ3n) is 5.51. The molecule has 2 aliphatic heterocycles. The monoisotopic (exact) mass is 418 g/mol. The Labute approximate surface area is 181 Å². The van der Waals surface area contributed by atoms with E-state index in [-0.39, 0.29) is 35.9 Å². The molecule has 2 heterocycles. The minimum absolute atomic E-state index is 0.0667. The van der Waals surface area contributed by atoms with Gasteiger partial charge < -0.3 is 25.7 Å². The largest absolute Gasteiger partial charge is 0.508 e. The lowest BCUT2D eigenvalue weighted by atomic mass is 10.0. The summed E-state index contributed by atoms with van der Waals surface area (Å²) in [6.07, 6.45) is 6.34. The number of nitrogens with zero attached hydrogens (tertiary/aromatic N) is 2. The molecule has 160 valence electrons. The van der Waals surface area contributed by atoms with Gasteiger partial charge in [0.1, 0.15) is 11.5 Å². The van der Waals surface area contributed by atoms with Crippen molar-refractivity contribution in [2.24, 2.45) is 4.99 Å². The average molecular weight is 418 g/mol. The van der Waals surface area contributed by atoms with Crippen molar-refractivity contribution in [1.29, 1.82) is 0 Å². The van der Waals surface area contributed by atoms with Gasteiger partial charge in [0.05, 0.1) is 30.0 Å². The summed E-state index contributed by atoms with van der Waals surface area (Å²) in [6, 6.07) is 12.4. The lowest BCUT2D eigenvalue weighted by Gasteiger charge is -2.27. The molecular weight excluding hydrogens is 392 g/mol. The summed E-state index contributed by atoms with van der Waals surface area (Å²) in [5, 5.41) is 26.5. The number of fused-ring (bicyclic) bond motifs is 1. The van der Waals surface area contributed by atoms with Crippen LogP contribution in [0, 0.1) is 0 Å². The topological polar surface area (TPSA) is 97.2 Å². The normalized spacial score (nSPS) is 19.5. The van der Waals surface area contributed by atoms with Gasteiger partial charge in [-0.05, 0) is 48.9 Å². The number of allylic oxidation sites excluding steroid dienone is 2. The van der Waals surface area contributed by atoms with Crippen molar-refractivity contribution < 1.29 is 15.0 Å². The number of phenols is 2. The molecule has 2 aliphatic rings. The highest BCUT2D eigenvalue weighted by molar-refractivity contribution is 6.04. The highest BCUT2D eigenvalue weighted by atomic mass is 16.3. The van der Waals surface area contributed by atoms with Gasteiger partial charge in [-0.2, -0.15) is 0 Å². The molecule has 2 aromatic carbocycles. The Kier molecular flexibility index (Phi) is 5.66. The fourth-order valence-electron chi connectivity index (χ4n) is 3.77. The van der Waals surface area contributed by atoms with Crippen LogP contribution in [-0.4, -0.2) is 39.3 Å². The minimum Gasteiger partial charge on any atom is -0.508 e. The van der Waals surface area contributed by atoms with Crippen LogP contribution in [0.2, 0.25) is 0 Å². The number of hydrogen-bond acceptors (Lipinski definition) is 7. The van der Waals surface area contributed by atoms with Gasteiger partial charge in [0, 0.05) is 24.4 Å². The van der Waals surface area contributed by atoms with Gasteiger partial charge in [-0.3, -0.25) is 9.79 Å². The van der Waals surface area contributed by atoms with Crippen LogP contribution in [0.5, 0.6) is 11.5 Å². The quantitative estimate of drug-likeness (QED) is 0.504. The highest BCUT2D eigenvalue weighted by Crippen LogP contribution is 2.36. The van der Waals surface area contributed by atoms with E-state index in [9.17, 15) is 15.0 Å². The first-order valence-corrected chi connectivity index (χ1v) is 10.4. The maximum atomic E-state index is 11.5. The van der Waals surface area contributed by atoms with Crippen LogP contribution < -0.4 is 10.6 Å². The first kappa shape index (κ1) is 20.5. The summed E-state index contributed by atoms with van der Waals surface area (Å²) in [5.74, 6) is 1.18. The number of benzene rings is 2. The molecule has 0 amide bonds. The van der Waals surface area contributed by atoms with Gasteiger partial charge in [0.2, 0.25) is 0 Å². The van der Waals surface area contributed by atoms with Crippen LogP contribution in [0.1, 0.15) is 31.9 Å². The Hall–Kier alpha value is -3.74. The zero-order valence-electron chi connectivity index (χ0n) is 17.5. The van der Waals surface area contributed by atoms with Crippen LogP contribution >= 0.6 is 0 Å². The predicted molar refractivity (Wildman–Crippen MR) is 122 cm³/mol. The van der Waals surface area contributed by atoms with E-state index in [4.69, 9.17) is 4.99 Å². The zero-order chi connectivity index (χ0) is 22.0. The van der Waals surface area contributed by atoms with Crippen molar-refractivity contribution in [3.05, 3.63) is 72.1 Å². The summed E-state index contributed by atoms with van der Waals surface area (Å²) in [6.45, 7) is 4.10. The zero-order valence-corrected chi connectivity index (χ0v) is 17.5. The molecule has 2 aromatic rings. The third kappa shape index (κ3) is 4.26. The summed E-state index contributed by atoms with van der Waals surface area (Å²) < 4.78 is 0. The lowest BCUT2D eigenvalue weighted by Crippen LogP contribution is -2.34. The van der Waals surface area contributed by atoms with E-state index < -0.39 is 0 Å². The molecule has 0 spiro atoms. The van der Waals surface area contributed by atoms with Gasteiger partial charge >= 0.3 is 0 Å². The number of phenolic OH excluding ortho intramolecular Hbond substituents is 2. The number of rotatable bonds is 7. The number of hydrogen-bond donors (Lipinski definition) is 4. The first-order chi connectivity index (χ1) is 15.0. The Bertz CT molecular complexity index is 1090. The third-order valence-corrected chi connectivity index (χ3v) is 5.51. The molecule has 2 atom stereocenters. The standard InChI is InChI=1S/C24H26N4O3/c1-3-18(29)14-25-20-10-9-17(13-22(20)31)26-21-8-5-11-28-15(2)23(27-24(21)28)16-6-4-7-19(30)12-16/h4-13,15,23,25-26,30-31H,3,14H2,1-2H3. The van der Waals surface area contributed by atoms with Gasteiger partial charge in [-0.1, -0.05) is 19.1 Å².